The fourth-order valence-corrected chi connectivity index (χ4v) is 6.03. The number of ether oxygens (including phenoxy) is 2. The van der Waals surface area contributed by atoms with Crippen molar-refractivity contribution in [3.8, 4) is 23.8 Å². The zero-order valence-corrected chi connectivity index (χ0v) is 21.7. The van der Waals surface area contributed by atoms with Crippen LogP contribution < -0.4 is 14.8 Å². The van der Waals surface area contributed by atoms with Gasteiger partial charge in [0.25, 0.3) is 0 Å². The van der Waals surface area contributed by atoms with Crippen molar-refractivity contribution in [3.05, 3.63) is 68.8 Å². The van der Waals surface area contributed by atoms with Crippen LogP contribution in [0.3, 0.4) is 0 Å². The van der Waals surface area contributed by atoms with Crippen molar-refractivity contribution in [2.45, 2.75) is 32.7 Å². The molecular weight excluding hydrogens is 537 g/mol. The number of carbonyl (C=O) groups excluding carboxylic acids is 1. The molecule has 0 fully saturated rings. The summed E-state index contributed by atoms with van der Waals surface area (Å²) in [5.74, 6) is 3.93. The molecule has 0 aromatic heterocycles. The highest BCUT2D eigenvalue weighted by Gasteiger charge is 2.41. The van der Waals surface area contributed by atoms with Gasteiger partial charge in [-0.05, 0) is 74.5 Å². The first-order chi connectivity index (χ1) is 16.3. The molecule has 3 aromatic rings. The second kappa shape index (κ2) is 8.66. The third kappa shape index (κ3) is 3.84. The van der Waals surface area contributed by atoms with Crippen LogP contribution in [0.5, 0.6) is 11.5 Å². The van der Waals surface area contributed by atoms with Crippen LogP contribution in [0.2, 0.25) is 0 Å². The van der Waals surface area contributed by atoms with Gasteiger partial charge in [-0.25, -0.2) is 0 Å². The lowest BCUT2D eigenvalue weighted by atomic mass is 9.68. The monoisotopic (exact) mass is 563 g/mol. The highest BCUT2D eigenvalue weighted by Crippen LogP contribution is 2.52. The van der Waals surface area contributed by atoms with Gasteiger partial charge in [-0.3, -0.25) is 4.79 Å². The Bertz CT molecular complexity index is 1400. The molecule has 1 heterocycles. The fourth-order valence-electron chi connectivity index (χ4n) is 5.25. The summed E-state index contributed by atoms with van der Waals surface area (Å²) < 4.78 is 12.3. The van der Waals surface area contributed by atoms with Crippen LogP contribution in [-0.2, 0) is 4.79 Å². The lowest BCUT2D eigenvalue weighted by Crippen LogP contribution is -2.33. The molecule has 5 heteroatoms. The van der Waals surface area contributed by atoms with Gasteiger partial charge in [0.1, 0.15) is 6.61 Å². The van der Waals surface area contributed by atoms with Gasteiger partial charge >= 0.3 is 0 Å². The number of hydrogen-bond acceptors (Lipinski definition) is 4. The summed E-state index contributed by atoms with van der Waals surface area (Å²) in [6.07, 6.45) is 6.77. The van der Waals surface area contributed by atoms with Crippen LogP contribution in [-0.4, -0.2) is 19.5 Å². The SMILES string of the molecule is C#CCOc1c(I)cc([C@H]2Nc3ccc4ccccc4c3C3=C2C(=O)CC(C)(C)C3)cc1OC. The Morgan fingerprint density at radius 3 is 2.74 bits per heavy atom. The van der Waals surface area contributed by atoms with E-state index in [-0.39, 0.29) is 23.8 Å². The molecule has 1 aliphatic carbocycles. The predicted molar refractivity (Wildman–Crippen MR) is 145 cm³/mol. The molecule has 172 valence electrons. The highest BCUT2D eigenvalue weighted by atomic mass is 127. The molecule has 1 atom stereocenters. The number of terminal acetylenes is 1. The summed E-state index contributed by atoms with van der Waals surface area (Å²) in [6, 6.07) is 16.4. The molecule has 0 bridgehead atoms. The first-order valence-electron chi connectivity index (χ1n) is 11.3. The van der Waals surface area contributed by atoms with E-state index in [2.05, 4.69) is 90.1 Å². The quantitative estimate of drug-likeness (QED) is 0.281. The Balaban J connectivity index is 1.73. The molecule has 1 N–H and O–H groups in total. The molecule has 34 heavy (non-hydrogen) atoms. The number of benzene rings is 3. The molecule has 5 rings (SSSR count). The smallest absolute Gasteiger partial charge is 0.175 e. The third-order valence-corrected chi connectivity index (χ3v) is 7.43. The van der Waals surface area contributed by atoms with E-state index in [1.54, 1.807) is 7.11 Å². The maximum absolute atomic E-state index is 13.6. The number of rotatable bonds is 4. The summed E-state index contributed by atoms with van der Waals surface area (Å²) in [5.41, 5.74) is 5.09. The van der Waals surface area contributed by atoms with Crippen LogP contribution in [0.15, 0.2) is 54.1 Å². The summed E-state index contributed by atoms with van der Waals surface area (Å²) in [5, 5.41) is 6.04. The number of hydrogen-bond donors (Lipinski definition) is 1. The topological polar surface area (TPSA) is 47.6 Å². The molecule has 0 amide bonds. The predicted octanol–water partition coefficient (Wildman–Crippen LogP) is 6.77. The number of carbonyl (C=O) groups is 1. The lowest BCUT2D eigenvalue weighted by molar-refractivity contribution is -0.118. The molecule has 0 spiro atoms. The molecule has 0 unspecified atom stereocenters. The number of fused-ring (bicyclic) bond motifs is 4. The van der Waals surface area contributed by atoms with Crippen molar-refractivity contribution in [2.75, 3.05) is 19.0 Å². The maximum atomic E-state index is 13.6. The van der Waals surface area contributed by atoms with Gasteiger partial charge in [0.15, 0.2) is 17.3 Å². The standard InChI is InChI=1S/C29H26INO3/c1-5-12-34-28-21(30)13-18(14-24(28)33-4)27-26-20(15-29(2,3)16-23(26)32)25-19-9-7-6-8-17(19)10-11-22(25)31-27/h1,6-11,13-14,27,31H,12,15-16H2,2-4H3/t27-/m1/s1. The average Bonchev–Trinajstić information content (AvgIpc) is 2.81. The van der Waals surface area contributed by atoms with Gasteiger partial charge in [0.05, 0.1) is 16.7 Å². The molecule has 2 aliphatic rings. The number of Topliss-reactive ketones (excluding diaryl/α,β-unsaturated/α-hetero) is 1. The number of halogens is 1. The van der Waals surface area contributed by atoms with Crippen molar-refractivity contribution in [2.24, 2.45) is 5.41 Å². The van der Waals surface area contributed by atoms with E-state index in [0.29, 0.717) is 17.9 Å². The molecule has 3 aromatic carbocycles. The second-order valence-electron chi connectivity index (χ2n) is 9.65. The van der Waals surface area contributed by atoms with Gasteiger partial charge in [0, 0.05) is 23.2 Å². The normalized spacial score (nSPS) is 18.6. The highest BCUT2D eigenvalue weighted by molar-refractivity contribution is 14.1. The Morgan fingerprint density at radius 2 is 1.97 bits per heavy atom. The summed E-state index contributed by atoms with van der Waals surface area (Å²) in [4.78, 5) is 13.6. The third-order valence-electron chi connectivity index (χ3n) is 6.62. The number of ketones is 1. The zero-order chi connectivity index (χ0) is 24.0. The fraction of sp³-hybridized carbons (Fsp3) is 0.276. The Labute approximate surface area is 213 Å². The number of allylic oxidation sites excluding steroid dienone is 1. The Kier molecular flexibility index (Phi) is 5.81. The van der Waals surface area contributed by atoms with Gasteiger partial charge in [0.2, 0.25) is 0 Å². The molecule has 1 aliphatic heterocycles. The van der Waals surface area contributed by atoms with Crippen LogP contribution in [0.4, 0.5) is 5.69 Å². The summed E-state index contributed by atoms with van der Waals surface area (Å²) in [7, 11) is 1.62. The van der Waals surface area contributed by atoms with Crippen LogP contribution in [0.1, 0.15) is 43.9 Å². The van der Waals surface area contributed by atoms with Crippen molar-refractivity contribution in [1.29, 1.82) is 0 Å². The van der Waals surface area contributed by atoms with Gasteiger partial charge in [-0.15, -0.1) is 6.42 Å². The van der Waals surface area contributed by atoms with E-state index in [4.69, 9.17) is 15.9 Å². The number of nitrogens with one attached hydrogen (secondary N) is 1. The first kappa shape index (κ1) is 22.8. The molecule has 0 saturated carbocycles. The Morgan fingerprint density at radius 1 is 1.18 bits per heavy atom. The molecular formula is C29H26INO3. The lowest BCUT2D eigenvalue weighted by Gasteiger charge is -2.40. The van der Waals surface area contributed by atoms with E-state index in [1.807, 2.05) is 6.07 Å². The summed E-state index contributed by atoms with van der Waals surface area (Å²) >= 11 is 2.24. The number of methoxy groups -OCH3 is 1. The largest absolute Gasteiger partial charge is 0.493 e. The van der Waals surface area contributed by atoms with Gasteiger partial charge in [-0.1, -0.05) is 50.1 Å². The first-order valence-corrected chi connectivity index (χ1v) is 12.4. The zero-order valence-electron chi connectivity index (χ0n) is 19.5. The van der Waals surface area contributed by atoms with Crippen LogP contribution in [0.25, 0.3) is 16.3 Å². The maximum Gasteiger partial charge on any atom is 0.175 e. The Hall–Kier alpha value is -2.98. The van der Waals surface area contributed by atoms with E-state index in [1.165, 1.54) is 10.8 Å². The van der Waals surface area contributed by atoms with E-state index < -0.39 is 0 Å². The summed E-state index contributed by atoms with van der Waals surface area (Å²) in [6.45, 7) is 4.52. The minimum atomic E-state index is -0.267. The average molecular weight is 563 g/mol. The van der Waals surface area contributed by atoms with Crippen molar-refractivity contribution in [1.82, 2.24) is 0 Å². The van der Waals surface area contributed by atoms with E-state index in [9.17, 15) is 4.79 Å². The minimum absolute atomic E-state index is 0.0922. The van der Waals surface area contributed by atoms with E-state index in [0.717, 1.165) is 38.0 Å². The molecule has 0 saturated heterocycles. The minimum Gasteiger partial charge on any atom is -0.493 e. The van der Waals surface area contributed by atoms with Gasteiger partial charge in [-0.2, -0.15) is 0 Å². The van der Waals surface area contributed by atoms with Crippen molar-refractivity contribution >= 4 is 50.4 Å². The van der Waals surface area contributed by atoms with E-state index >= 15 is 0 Å². The second-order valence-corrected chi connectivity index (χ2v) is 10.8. The van der Waals surface area contributed by atoms with Crippen LogP contribution >= 0.6 is 22.6 Å². The number of anilines is 1. The molecule has 0 radical (unpaired) electrons. The van der Waals surface area contributed by atoms with Crippen LogP contribution in [0, 0.1) is 21.3 Å². The molecule has 4 nitrogen and oxygen atoms in total. The van der Waals surface area contributed by atoms with Crippen molar-refractivity contribution < 1.29 is 14.3 Å². The van der Waals surface area contributed by atoms with Gasteiger partial charge < -0.3 is 14.8 Å². The van der Waals surface area contributed by atoms with Crippen molar-refractivity contribution in [3.63, 3.8) is 0 Å².